The van der Waals surface area contributed by atoms with Crippen LogP contribution >= 0.6 is 15.9 Å². The summed E-state index contributed by atoms with van der Waals surface area (Å²) < 4.78 is 0.866. The van der Waals surface area contributed by atoms with Crippen molar-refractivity contribution < 1.29 is 14.4 Å². The van der Waals surface area contributed by atoms with Crippen molar-refractivity contribution in [2.75, 3.05) is 23.4 Å². The number of halogens is 1. The average Bonchev–Trinajstić information content (AvgIpc) is 2.72. The molecule has 0 aliphatic carbocycles. The summed E-state index contributed by atoms with van der Waals surface area (Å²) in [6.07, 6.45) is 0.103. The number of aliphatic imine (C=N–C) groups is 1. The van der Waals surface area contributed by atoms with Crippen LogP contribution in [0.3, 0.4) is 0 Å². The first-order valence-corrected chi connectivity index (χ1v) is 10.2. The van der Waals surface area contributed by atoms with Crippen molar-refractivity contribution in [3.8, 4) is 0 Å². The molecular weight excluding hydrogens is 450 g/mol. The van der Waals surface area contributed by atoms with Gasteiger partial charge in [0.25, 0.3) is 11.8 Å². The number of benzene rings is 2. The summed E-state index contributed by atoms with van der Waals surface area (Å²) in [5.74, 6) is -0.935. The largest absolute Gasteiger partial charge is 0.349 e. The standard InChI is InChI=1S/C21H22BrN5O3/c1-13-3-7-16(8-4-13)27-19(29)12-24-20(26-27)21(30)23-10-9-18(28)25-17-11-15(22)6-5-14(17)2/h3-8,11H,9-10,12H2,1-2H3,(H,23,30)(H,24,26)(H,25,28). The van der Waals surface area contributed by atoms with Crippen molar-refractivity contribution in [2.45, 2.75) is 20.3 Å². The predicted octanol–water partition coefficient (Wildman–Crippen LogP) is 2.46. The van der Waals surface area contributed by atoms with E-state index in [-0.39, 0.29) is 37.2 Å². The summed E-state index contributed by atoms with van der Waals surface area (Å²) >= 11 is 3.37. The van der Waals surface area contributed by atoms with E-state index in [9.17, 15) is 14.4 Å². The summed E-state index contributed by atoms with van der Waals surface area (Å²) in [6, 6.07) is 12.9. The molecule has 3 amide bonds. The maximum Gasteiger partial charge on any atom is 0.288 e. The maximum atomic E-state index is 12.4. The van der Waals surface area contributed by atoms with Gasteiger partial charge in [-0.15, -0.1) is 0 Å². The highest BCUT2D eigenvalue weighted by atomic mass is 79.9. The molecule has 30 heavy (non-hydrogen) atoms. The molecule has 0 bridgehead atoms. The first kappa shape index (κ1) is 21.5. The van der Waals surface area contributed by atoms with Crippen LogP contribution in [0.5, 0.6) is 0 Å². The Morgan fingerprint density at radius 2 is 1.90 bits per heavy atom. The summed E-state index contributed by atoms with van der Waals surface area (Å²) in [5.41, 5.74) is 6.08. The molecule has 8 nitrogen and oxygen atoms in total. The third-order valence-corrected chi connectivity index (χ3v) is 4.95. The maximum absolute atomic E-state index is 12.4. The van der Waals surface area contributed by atoms with E-state index in [0.29, 0.717) is 11.4 Å². The van der Waals surface area contributed by atoms with Crippen molar-refractivity contribution >= 4 is 50.9 Å². The Hall–Kier alpha value is -3.20. The zero-order valence-electron chi connectivity index (χ0n) is 16.7. The van der Waals surface area contributed by atoms with Gasteiger partial charge in [-0.3, -0.25) is 24.8 Å². The van der Waals surface area contributed by atoms with Crippen LogP contribution in [-0.4, -0.2) is 36.6 Å². The number of amidine groups is 1. The lowest BCUT2D eigenvalue weighted by molar-refractivity contribution is -0.118. The molecule has 2 aromatic carbocycles. The van der Waals surface area contributed by atoms with E-state index in [1.165, 1.54) is 5.01 Å². The van der Waals surface area contributed by atoms with Crippen molar-refractivity contribution in [3.63, 3.8) is 0 Å². The minimum atomic E-state index is -0.481. The van der Waals surface area contributed by atoms with Gasteiger partial charge in [-0.05, 0) is 43.7 Å². The fourth-order valence-electron chi connectivity index (χ4n) is 2.76. The highest BCUT2D eigenvalue weighted by Crippen LogP contribution is 2.20. The van der Waals surface area contributed by atoms with Gasteiger partial charge in [-0.25, -0.2) is 5.01 Å². The molecule has 3 N–H and O–H groups in total. The van der Waals surface area contributed by atoms with Crippen LogP contribution in [0, 0.1) is 13.8 Å². The number of anilines is 2. The predicted molar refractivity (Wildman–Crippen MR) is 119 cm³/mol. The van der Waals surface area contributed by atoms with Crippen molar-refractivity contribution in [1.82, 2.24) is 10.7 Å². The monoisotopic (exact) mass is 471 g/mol. The van der Waals surface area contributed by atoms with Crippen LogP contribution in [0.4, 0.5) is 11.4 Å². The van der Waals surface area contributed by atoms with E-state index in [1.807, 2.05) is 44.2 Å². The topological polar surface area (TPSA) is 103 Å². The van der Waals surface area contributed by atoms with Crippen LogP contribution in [0.25, 0.3) is 0 Å². The van der Waals surface area contributed by atoms with Gasteiger partial charge in [0.2, 0.25) is 11.7 Å². The Morgan fingerprint density at radius 3 is 2.63 bits per heavy atom. The molecule has 0 radical (unpaired) electrons. The normalized spacial score (nSPS) is 13.4. The molecule has 0 unspecified atom stereocenters. The number of rotatable bonds is 6. The third kappa shape index (κ3) is 5.44. The lowest BCUT2D eigenvalue weighted by atomic mass is 10.2. The molecule has 3 rings (SSSR count). The number of nitrogens with one attached hydrogen (secondary N) is 3. The summed E-state index contributed by atoms with van der Waals surface area (Å²) in [7, 11) is 0. The van der Waals surface area contributed by atoms with Crippen molar-refractivity contribution in [1.29, 1.82) is 0 Å². The van der Waals surface area contributed by atoms with E-state index in [0.717, 1.165) is 15.6 Å². The molecular formula is C21H22BrN5O3. The third-order valence-electron chi connectivity index (χ3n) is 4.46. The van der Waals surface area contributed by atoms with Gasteiger partial charge in [0.15, 0.2) is 0 Å². The number of hydrogen-bond donors (Lipinski definition) is 3. The van der Waals surface area contributed by atoms with Crippen LogP contribution in [0.2, 0.25) is 0 Å². The Morgan fingerprint density at radius 1 is 1.17 bits per heavy atom. The van der Waals surface area contributed by atoms with E-state index in [2.05, 4.69) is 37.0 Å². The second-order valence-corrected chi connectivity index (χ2v) is 7.77. The number of hydrogen-bond acceptors (Lipinski definition) is 5. The SMILES string of the molecule is Cc1ccc(N2NC(C(=O)NCCC(=O)Nc3cc(Br)ccc3C)=NCC2=O)cc1. The van der Waals surface area contributed by atoms with Gasteiger partial charge in [-0.1, -0.05) is 39.7 Å². The first-order chi connectivity index (χ1) is 14.3. The summed E-state index contributed by atoms with van der Waals surface area (Å²) in [5, 5.41) is 6.77. The number of carbonyl (C=O) groups is 3. The number of carbonyl (C=O) groups excluding carboxylic acids is 3. The molecule has 0 fully saturated rings. The number of amides is 3. The zero-order chi connectivity index (χ0) is 21.7. The smallest absolute Gasteiger partial charge is 0.288 e. The fourth-order valence-corrected chi connectivity index (χ4v) is 3.12. The van der Waals surface area contributed by atoms with Crippen LogP contribution < -0.4 is 21.1 Å². The van der Waals surface area contributed by atoms with Crippen molar-refractivity contribution in [2.24, 2.45) is 4.99 Å². The average molecular weight is 472 g/mol. The fraction of sp³-hybridized carbons (Fsp3) is 0.238. The van der Waals surface area contributed by atoms with Crippen LogP contribution in [-0.2, 0) is 14.4 Å². The van der Waals surface area contributed by atoms with Gasteiger partial charge < -0.3 is 10.6 Å². The van der Waals surface area contributed by atoms with E-state index < -0.39 is 5.91 Å². The van der Waals surface area contributed by atoms with Gasteiger partial charge in [0.05, 0.1) is 5.69 Å². The summed E-state index contributed by atoms with van der Waals surface area (Å²) in [6.45, 7) is 3.85. The van der Waals surface area contributed by atoms with E-state index >= 15 is 0 Å². The Bertz CT molecular complexity index is 1000. The molecule has 9 heteroatoms. The molecule has 0 aromatic heterocycles. The minimum Gasteiger partial charge on any atom is -0.349 e. The molecule has 156 valence electrons. The lowest BCUT2D eigenvalue weighted by Crippen LogP contribution is -2.55. The minimum absolute atomic E-state index is 0.0263. The Balaban J connectivity index is 1.52. The second kappa shape index (κ2) is 9.53. The number of nitrogens with zero attached hydrogens (tertiary/aromatic N) is 2. The molecule has 1 aliphatic rings. The molecule has 1 aliphatic heterocycles. The van der Waals surface area contributed by atoms with Crippen molar-refractivity contribution in [3.05, 3.63) is 58.1 Å². The number of aryl methyl sites for hydroxylation is 2. The molecule has 0 saturated carbocycles. The molecule has 2 aromatic rings. The molecule has 0 saturated heterocycles. The molecule has 1 heterocycles. The van der Waals surface area contributed by atoms with Crippen LogP contribution in [0.1, 0.15) is 17.5 Å². The molecule has 0 spiro atoms. The second-order valence-electron chi connectivity index (χ2n) is 6.85. The zero-order valence-corrected chi connectivity index (χ0v) is 18.2. The van der Waals surface area contributed by atoms with Gasteiger partial charge in [0.1, 0.15) is 6.54 Å². The van der Waals surface area contributed by atoms with Crippen LogP contribution in [0.15, 0.2) is 51.9 Å². The highest BCUT2D eigenvalue weighted by Gasteiger charge is 2.25. The highest BCUT2D eigenvalue weighted by molar-refractivity contribution is 9.10. The molecule has 0 atom stereocenters. The Labute approximate surface area is 182 Å². The van der Waals surface area contributed by atoms with E-state index in [1.54, 1.807) is 12.1 Å². The van der Waals surface area contributed by atoms with Gasteiger partial charge in [-0.2, -0.15) is 0 Å². The van der Waals surface area contributed by atoms with E-state index in [4.69, 9.17) is 0 Å². The Kier molecular flexibility index (Phi) is 6.83. The van der Waals surface area contributed by atoms with Gasteiger partial charge >= 0.3 is 0 Å². The summed E-state index contributed by atoms with van der Waals surface area (Å²) in [4.78, 5) is 40.7. The quantitative estimate of drug-likeness (QED) is 0.601. The van der Waals surface area contributed by atoms with Gasteiger partial charge in [0, 0.05) is 23.1 Å². The lowest BCUT2D eigenvalue weighted by Gasteiger charge is -2.27. The number of hydrazine groups is 1. The first-order valence-electron chi connectivity index (χ1n) is 9.38.